The summed E-state index contributed by atoms with van der Waals surface area (Å²) < 4.78 is 27.8. The first-order valence-electron chi connectivity index (χ1n) is 11.3. The molecule has 178 valence electrons. The summed E-state index contributed by atoms with van der Waals surface area (Å²) >= 11 is 0. The molecule has 9 heteroatoms. The van der Waals surface area contributed by atoms with E-state index in [0.29, 0.717) is 35.2 Å². The number of carboxylic acid groups (broad SMARTS) is 2. The van der Waals surface area contributed by atoms with Crippen LogP contribution in [0.15, 0.2) is 23.1 Å². The van der Waals surface area contributed by atoms with E-state index in [1.54, 1.807) is 6.07 Å². The largest absolute Gasteiger partial charge is 0.481 e. The Hall–Kier alpha value is -2.52. The van der Waals surface area contributed by atoms with Crippen LogP contribution in [0, 0.1) is 17.3 Å². The van der Waals surface area contributed by atoms with Gasteiger partial charge in [0.15, 0.2) is 0 Å². The van der Waals surface area contributed by atoms with Crippen LogP contribution in [0.2, 0.25) is 0 Å². The molecule has 1 saturated heterocycles. The highest BCUT2D eigenvalue weighted by atomic mass is 32.2. The van der Waals surface area contributed by atoms with E-state index in [2.05, 4.69) is 20.8 Å². The monoisotopic (exact) mass is 474 g/mol. The van der Waals surface area contributed by atoms with Crippen molar-refractivity contribution in [2.24, 2.45) is 17.3 Å². The summed E-state index contributed by atoms with van der Waals surface area (Å²) in [6.07, 6.45) is 2.75. The molecule has 2 N–H and O–H groups in total. The smallest absolute Gasteiger partial charge is 0.336 e. The summed E-state index contributed by atoms with van der Waals surface area (Å²) in [5, 5.41) is 19.6. The number of aromatic carboxylic acids is 1. The van der Waals surface area contributed by atoms with Crippen LogP contribution in [-0.4, -0.2) is 52.9 Å². The third-order valence-electron chi connectivity index (χ3n) is 7.20. The average molecular weight is 475 g/mol. The van der Waals surface area contributed by atoms with E-state index in [-0.39, 0.29) is 41.8 Å². The van der Waals surface area contributed by atoms with Crippen LogP contribution in [0.1, 0.15) is 61.6 Å². The number of carboxylic acids is 2. The lowest BCUT2D eigenvalue weighted by molar-refractivity contribution is -0.142. The summed E-state index contributed by atoms with van der Waals surface area (Å²) in [7, 11) is -3.88. The molecule has 0 radical (unpaired) electrons. The fourth-order valence-electron chi connectivity index (χ4n) is 5.05. The maximum atomic E-state index is 13.3. The number of piperidine rings is 1. The first kappa shape index (κ1) is 23.6. The van der Waals surface area contributed by atoms with Crippen molar-refractivity contribution in [3.05, 3.63) is 35.0 Å². The molecule has 2 aromatic rings. The molecule has 0 amide bonds. The molecule has 1 fully saturated rings. The van der Waals surface area contributed by atoms with Crippen molar-refractivity contribution in [2.75, 3.05) is 13.1 Å². The van der Waals surface area contributed by atoms with E-state index in [0.717, 1.165) is 12.1 Å². The van der Waals surface area contributed by atoms with Crippen molar-refractivity contribution < 1.29 is 28.2 Å². The van der Waals surface area contributed by atoms with Crippen molar-refractivity contribution in [1.82, 2.24) is 9.29 Å². The summed E-state index contributed by atoms with van der Waals surface area (Å²) in [6, 6.07) is 4.47. The Morgan fingerprint density at radius 2 is 1.76 bits per heavy atom. The van der Waals surface area contributed by atoms with Gasteiger partial charge in [0.05, 0.1) is 21.9 Å². The molecular weight excluding hydrogens is 444 g/mol. The predicted molar refractivity (Wildman–Crippen MR) is 123 cm³/mol. The lowest BCUT2D eigenvalue weighted by atomic mass is 9.70. The van der Waals surface area contributed by atoms with Gasteiger partial charge in [-0.1, -0.05) is 20.8 Å². The lowest BCUT2D eigenvalue weighted by Crippen LogP contribution is -2.40. The molecule has 0 bridgehead atoms. The van der Waals surface area contributed by atoms with Gasteiger partial charge < -0.3 is 10.2 Å². The topological polar surface area (TPSA) is 125 Å². The molecule has 0 spiro atoms. The summed E-state index contributed by atoms with van der Waals surface area (Å²) in [5.41, 5.74) is 2.13. The predicted octanol–water partition coefficient (Wildman–Crippen LogP) is 3.57. The molecule has 33 heavy (non-hydrogen) atoms. The molecular formula is C24H30N2O6S. The number of aryl methyl sites for hydroxylation is 1. The number of pyridine rings is 1. The van der Waals surface area contributed by atoms with Gasteiger partial charge in [0.1, 0.15) is 0 Å². The minimum atomic E-state index is -3.88. The van der Waals surface area contributed by atoms with Gasteiger partial charge in [-0.05, 0) is 67.2 Å². The molecule has 4 rings (SSSR count). The van der Waals surface area contributed by atoms with Crippen molar-refractivity contribution in [1.29, 1.82) is 0 Å². The van der Waals surface area contributed by atoms with Crippen LogP contribution in [0.5, 0.6) is 0 Å². The van der Waals surface area contributed by atoms with Crippen LogP contribution in [0.3, 0.4) is 0 Å². The Labute approximate surface area is 193 Å². The van der Waals surface area contributed by atoms with Gasteiger partial charge >= 0.3 is 11.9 Å². The number of aromatic nitrogens is 1. The Morgan fingerprint density at radius 3 is 2.33 bits per heavy atom. The van der Waals surface area contributed by atoms with Crippen LogP contribution in [0.4, 0.5) is 0 Å². The summed E-state index contributed by atoms with van der Waals surface area (Å²) in [6.45, 7) is 6.69. The minimum absolute atomic E-state index is 0.0104. The second-order valence-corrected chi connectivity index (χ2v) is 12.2. The molecule has 0 unspecified atom stereocenters. The zero-order valence-corrected chi connectivity index (χ0v) is 20.0. The Kier molecular flexibility index (Phi) is 5.99. The number of hydrogen-bond donors (Lipinski definition) is 2. The highest BCUT2D eigenvalue weighted by Crippen LogP contribution is 2.40. The van der Waals surface area contributed by atoms with E-state index >= 15 is 0 Å². The van der Waals surface area contributed by atoms with Gasteiger partial charge in [0, 0.05) is 24.2 Å². The van der Waals surface area contributed by atoms with Gasteiger partial charge in [-0.15, -0.1) is 0 Å². The highest BCUT2D eigenvalue weighted by Gasteiger charge is 2.35. The van der Waals surface area contributed by atoms with E-state index in [1.165, 1.54) is 16.4 Å². The summed E-state index contributed by atoms with van der Waals surface area (Å²) in [4.78, 5) is 28.3. The first-order valence-corrected chi connectivity index (χ1v) is 12.8. The molecule has 0 saturated carbocycles. The Morgan fingerprint density at radius 1 is 1.09 bits per heavy atom. The lowest BCUT2D eigenvalue weighted by Gasteiger charge is -2.35. The SMILES string of the molecule is CC(C)(C)[C@@H]1CCc2nc3ccc(S(=O)(=O)N4CCC(C(=O)O)CC4)cc3c(C(=O)O)c2C1. The molecule has 1 aromatic heterocycles. The number of sulfonamides is 1. The average Bonchev–Trinajstić information content (AvgIpc) is 2.75. The maximum absolute atomic E-state index is 13.3. The third kappa shape index (κ3) is 4.36. The fraction of sp³-hybridized carbons (Fsp3) is 0.542. The van der Waals surface area contributed by atoms with E-state index in [1.807, 2.05) is 0 Å². The maximum Gasteiger partial charge on any atom is 0.336 e. The molecule has 1 aliphatic carbocycles. The second-order valence-electron chi connectivity index (χ2n) is 10.2. The van der Waals surface area contributed by atoms with Crippen molar-refractivity contribution in [2.45, 2.75) is 57.8 Å². The zero-order valence-electron chi connectivity index (χ0n) is 19.2. The Bertz CT molecular complexity index is 1220. The van der Waals surface area contributed by atoms with Crippen molar-refractivity contribution in [3.8, 4) is 0 Å². The highest BCUT2D eigenvalue weighted by molar-refractivity contribution is 7.89. The summed E-state index contributed by atoms with van der Waals surface area (Å²) in [5.74, 6) is -2.22. The van der Waals surface area contributed by atoms with E-state index in [4.69, 9.17) is 4.98 Å². The van der Waals surface area contributed by atoms with Gasteiger partial charge in [-0.3, -0.25) is 9.78 Å². The molecule has 1 aliphatic heterocycles. The molecule has 8 nitrogen and oxygen atoms in total. The van der Waals surface area contributed by atoms with Gasteiger partial charge in [-0.2, -0.15) is 4.31 Å². The second kappa shape index (κ2) is 8.36. The first-order chi connectivity index (χ1) is 15.4. The number of carbonyl (C=O) groups is 2. The van der Waals surface area contributed by atoms with E-state index in [9.17, 15) is 28.2 Å². The van der Waals surface area contributed by atoms with Crippen LogP contribution in [0.25, 0.3) is 10.9 Å². The van der Waals surface area contributed by atoms with Gasteiger partial charge in [-0.25, -0.2) is 13.2 Å². The van der Waals surface area contributed by atoms with Crippen LogP contribution < -0.4 is 0 Å². The Balaban J connectivity index is 1.77. The number of rotatable bonds is 4. The van der Waals surface area contributed by atoms with Crippen LogP contribution in [-0.2, 0) is 27.7 Å². The zero-order chi connectivity index (χ0) is 24.1. The van der Waals surface area contributed by atoms with Crippen molar-refractivity contribution in [3.63, 3.8) is 0 Å². The molecule has 1 atom stereocenters. The van der Waals surface area contributed by atoms with Crippen LogP contribution >= 0.6 is 0 Å². The quantitative estimate of drug-likeness (QED) is 0.694. The molecule has 2 heterocycles. The number of aliphatic carboxylic acids is 1. The van der Waals surface area contributed by atoms with Crippen molar-refractivity contribution >= 4 is 32.9 Å². The fourth-order valence-corrected chi connectivity index (χ4v) is 6.55. The van der Waals surface area contributed by atoms with Gasteiger partial charge in [0.25, 0.3) is 0 Å². The van der Waals surface area contributed by atoms with E-state index < -0.39 is 27.9 Å². The normalized spacial score (nSPS) is 20.5. The van der Waals surface area contributed by atoms with Gasteiger partial charge in [0.2, 0.25) is 10.0 Å². The third-order valence-corrected chi connectivity index (χ3v) is 9.10. The number of benzene rings is 1. The molecule has 1 aromatic carbocycles. The standard InChI is InChI=1S/C24H30N2O6S/c1-24(2,3)15-4-6-19-17(12-15)21(23(29)30)18-13-16(5-7-20(18)25-19)33(31,32)26-10-8-14(9-11-26)22(27)28/h5,7,13-15H,4,6,8-12H2,1-3H3,(H,27,28)(H,29,30)/t15-/m1/s1. The number of hydrogen-bond acceptors (Lipinski definition) is 5. The molecule has 2 aliphatic rings. The number of nitrogens with zero attached hydrogens (tertiary/aromatic N) is 2. The number of fused-ring (bicyclic) bond motifs is 2. The minimum Gasteiger partial charge on any atom is -0.481 e.